The minimum Gasteiger partial charge on any atom is -0.377 e. The van der Waals surface area contributed by atoms with Crippen molar-refractivity contribution >= 4 is 11.7 Å². The molecule has 1 heterocycles. The van der Waals surface area contributed by atoms with Crippen molar-refractivity contribution in [2.45, 2.75) is 33.9 Å². The Kier molecular flexibility index (Phi) is 6.57. The zero-order valence-electron chi connectivity index (χ0n) is 16.9. The Labute approximate surface area is 170 Å². The maximum atomic E-state index is 12.8. The van der Waals surface area contributed by atoms with Crippen molar-refractivity contribution in [3.05, 3.63) is 82.7 Å². The molecule has 3 aromatic rings. The number of hydrogen-bond acceptors (Lipinski definition) is 4. The SMILES string of the molecule is CCOCc1ccccc1CNC(=O)C(=O)c1c(C)nn(-c2ccccc2)c1C. The monoisotopic (exact) mass is 391 g/mol. The van der Waals surface area contributed by atoms with Gasteiger partial charge in [-0.2, -0.15) is 5.10 Å². The standard InChI is InChI=1S/C23H25N3O3/c1-4-29-15-19-11-9-8-10-18(19)14-24-23(28)22(27)21-16(2)25-26(17(21)3)20-12-6-5-7-13-20/h5-13H,4,14-15H2,1-3H3,(H,24,28). The molecule has 0 radical (unpaired) electrons. The van der Waals surface area contributed by atoms with Gasteiger partial charge in [0.2, 0.25) is 0 Å². The van der Waals surface area contributed by atoms with Crippen LogP contribution in [-0.2, 0) is 22.7 Å². The van der Waals surface area contributed by atoms with Crippen LogP contribution in [0.3, 0.4) is 0 Å². The number of aryl methyl sites for hydroxylation is 1. The number of ketones is 1. The smallest absolute Gasteiger partial charge is 0.292 e. The molecule has 1 aromatic heterocycles. The number of carbonyl (C=O) groups is 2. The van der Waals surface area contributed by atoms with Gasteiger partial charge in [0.1, 0.15) is 0 Å². The number of Topliss-reactive ketones (excluding diaryl/α,β-unsaturated/α-hetero) is 1. The molecule has 0 fully saturated rings. The first-order valence-electron chi connectivity index (χ1n) is 9.61. The van der Waals surface area contributed by atoms with Gasteiger partial charge in [-0.25, -0.2) is 4.68 Å². The van der Waals surface area contributed by atoms with Crippen LogP contribution < -0.4 is 5.32 Å². The van der Waals surface area contributed by atoms with Crippen molar-refractivity contribution in [2.75, 3.05) is 6.61 Å². The second-order valence-electron chi connectivity index (χ2n) is 6.71. The normalized spacial score (nSPS) is 10.7. The van der Waals surface area contributed by atoms with Gasteiger partial charge in [-0.3, -0.25) is 9.59 Å². The summed E-state index contributed by atoms with van der Waals surface area (Å²) in [5.41, 5.74) is 4.28. The van der Waals surface area contributed by atoms with Crippen molar-refractivity contribution in [3.8, 4) is 5.69 Å². The Morgan fingerprint density at radius 1 is 1.00 bits per heavy atom. The lowest BCUT2D eigenvalue weighted by Crippen LogP contribution is -2.31. The molecule has 3 rings (SSSR count). The number of amides is 1. The lowest BCUT2D eigenvalue weighted by molar-refractivity contribution is -0.117. The predicted molar refractivity (Wildman–Crippen MR) is 111 cm³/mol. The Hall–Kier alpha value is -3.25. The lowest BCUT2D eigenvalue weighted by atomic mass is 10.1. The zero-order chi connectivity index (χ0) is 20.8. The molecule has 1 N–H and O–H groups in total. The number of hydrogen-bond donors (Lipinski definition) is 1. The van der Waals surface area contributed by atoms with E-state index in [-0.39, 0.29) is 6.54 Å². The molecule has 0 bridgehead atoms. The highest BCUT2D eigenvalue weighted by atomic mass is 16.5. The van der Waals surface area contributed by atoms with Gasteiger partial charge in [-0.15, -0.1) is 0 Å². The van der Waals surface area contributed by atoms with E-state index in [4.69, 9.17) is 4.74 Å². The van der Waals surface area contributed by atoms with Crippen molar-refractivity contribution in [1.82, 2.24) is 15.1 Å². The van der Waals surface area contributed by atoms with Gasteiger partial charge in [-0.05, 0) is 44.0 Å². The van der Waals surface area contributed by atoms with Gasteiger partial charge >= 0.3 is 0 Å². The molecule has 0 unspecified atom stereocenters. The zero-order valence-corrected chi connectivity index (χ0v) is 16.9. The van der Waals surface area contributed by atoms with Crippen molar-refractivity contribution in [2.24, 2.45) is 0 Å². The Balaban J connectivity index is 1.75. The molecule has 6 nitrogen and oxygen atoms in total. The number of nitrogens with zero attached hydrogens (tertiary/aromatic N) is 2. The number of rotatable bonds is 8. The molecule has 0 spiro atoms. The Bertz CT molecular complexity index is 1010. The van der Waals surface area contributed by atoms with E-state index in [1.807, 2.05) is 61.5 Å². The van der Waals surface area contributed by atoms with Crippen molar-refractivity contribution in [3.63, 3.8) is 0 Å². The molecular formula is C23H25N3O3. The molecule has 0 saturated carbocycles. The van der Waals surface area contributed by atoms with Crippen LogP contribution in [0.2, 0.25) is 0 Å². The predicted octanol–water partition coefficient (Wildman–Crippen LogP) is 3.52. The number of para-hydroxylation sites is 1. The third kappa shape index (κ3) is 4.60. The summed E-state index contributed by atoms with van der Waals surface area (Å²) in [6, 6.07) is 17.2. The van der Waals surface area contributed by atoms with Crippen LogP contribution in [0.15, 0.2) is 54.6 Å². The topological polar surface area (TPSA) is 73.2 Å². The summed E-state index contributed by atoms with van der Waals surface area (Å²) < 4.78 is 7.16. The molecule has 29 heavy (non-hydrogen) atoms. The second kappa shape index (κ2) is 9.30. The fourth-order valence-electron chi connectivity index (χ4n) is 3.24. The lowest BCUT2D eigenvalue weighted by Gasteiger charge is -2.10. The van der Waals surface area contributed by atoms with E-state index in [0.29, 0.717) is 30.2 Å². The average Bonchev–Trinajstić information content (AvgIpc) is 3.05. The van der Waals surface area contributed by atoms with E-state index < -0.39 is 11.7 Å². The quantitative estimate of drug-likeness (QED) is 0.471. The maximum absolute atomic E-state index is 12.8. The molecule has 150 valence electrons. The van der Waals surface area contributed by atoms with Crippen molar-refractivity contribution < 1.29 is 14.3 Å². The van der Waals surface area contributed by atoms with Gasteiger partial charge in [0.05, 0.1) is 29.2 Å². The summed E-state index contributed by atoms with van der Waals surface area (Å²) >= 11 is 0. The van der Waals surface area contributed by atoms with Crippen LogP contribution in [0.5, 0.6) is 0 Å². The number of carbonyl (C=O) groups excluding carboxylic acids is 2. The number of ether oxygens (including phenoxy) is 1. The Morgan fingerprint density at radius 3 is 2.34 bits per heavy atom. The molecular weight excluding hydrogens is 366 g/mol. The van der Waals surface area contributed by atoms with E-state index >= 15 is 0 Å². The fourth-order valence-corrected chi connectivity index (χ4v) is 3.24. The van der Waals surface area contributed by atoms with Crippen LogP contribution >= 0.6 is 0 Å². The largest absolute Gasteiger partial charge is 0.377 e. The molecule has 0 saturated heterocycles. The summed E-state index contributed by atoms with van der Waals surface area (Å²) in [6.07, 6.45) is 0. The molecule has 6 heteroatoms. The number of benzene rings is 2. The molecule has 0 aliphatic heterocycles. The summed E-state index contributed by atoms with van der Waals surface area (Å²) in [5, 5.41) is 7.19. The van der Waals surface area contributed by atoms with Gasteiger partial charge in [-0.1, -0.05) is 42.5 Å². The Morgan fingerprint density at radius 2 is 1.66 bits per heavy atom. The van der Waals surface area contributed by atoms with Gasteiger partial charge in [0.15, 0.2) is 0 Å². The molecule has 2 aromatic carbocycles. The summed E-state index contributed by atoms with van der Waals surface area (Å²) in [5.74, 6) is -1.22. The molecule has 0 aliphatic rings. The first-order valence-corrected chi connectivity index (χ1v) is 9.61. The summed E-state index contributed by atoms with van der Waals surface area (Å²) in [4.78, 5) is 25.4. The third-order valence-electron chi connectivity index (χ3n) is 4.74. The maximum Gasteiger partial charge on any atom is 0.292 e. The highest BCUT2D eigenvalue weighted by Gasteiger charge is 2.25. The molecule has 0 atom stereocenters. The first-order chi connectivity index (χ1) is 14.0. The average molecular weight is 391 g/mol. The van der Waals surface area contributed by atoms with E-state index in [1.165, 1.54) is 0 Å². The number of nitrogens with one attached hydrogen (secondary N) is 1. The van der Waals surface area contributed by atoms with Gasteiger partial charge in [0, 0.05) is 13.2 Å². The van der Waals surface area contributed by atoms with Crippen LogP contribution in [-0.4, -0.2) is 28.1 Å². The minimum absolute atomic E-state index is 0.263. The third-order valence-corrected chi connectivity index (χ3v) is 4.74. The minimum atomic E-state index is -0.643. The van der Waals surface area contributed by atoms with Crippen LogP contribution in [0, 0.1) is 13.8 Å². The first kappa shape index (κ1) is 20.5. The number of aromatic nitrogens is 2. The van der Waals surface area contributed by atoms with Crippen LogP contribution in [0.1, 0.15) is 39.8 Å². The fraction of sp³-hybridized carbons (Fsp3) is 0.261. The van der Waals surface area contributed by atoms with Crippen LogP contribution in [0.25, 0.3) is 5.69 Å². The highest BCUT2D eigenvalue weighted by Crippen LogP contribution is 2.18. The van der Waals surface area contributed by atoms with Crippen LogP contribution in [0.4, 0.5) is 0 Å². The summed E-state index contributed by atoms with van der Waals surface area (Å²) in [6.45, 7) is 6.82. The van der Waals surface area contributed by atoms with E-state index in [9.17, 15) is 9.59 Å². The molecule has 0 aliphatic carbocycles. The molecule has 1 amide bonds. The second-order valence-corrected chi connectivity index (χ2v) is 6.71. The highest BCUT2D eigenvalue weighted by molar-refractivity contribution is 6.43. The van der Waals surface area contributed by atoms with Gasteiger partial charge in [0.25, 0.3) is 11.7 Å². The van der Waals surface area contributed by atoms with Crippen molar-refractivity contribution in [1.29, 1.82) is 0 Å². The van der Waals surface area contributed by atoms with E-state index in [0.717, 1.165) is 16.8 Å². The van der Waals surface area contributed by atoms with E-state index in [1.54, 1.807) is 18.5 Å². The summed E-state index contributed by atoms with van der Waals surface area (Å²) in [7, 11) is 0. The van der Waals surface area contributed by atoms with Gasteiger partial charge < -0.3 is 10.1 Å². The van der Waals surface area contributed by atoms with E-state index in [2.05, 4.69) is 10.4 Å².